The first-order valence-electron chi connectivity index (χ1n) is 9.30. The molecule has 4 aromatic rings. The van der Waals surface area contributed by atoms with Crippen molar-refractivity contribution in [3.63, 3.8) is 0 Å². The maximum absolute atomic E-state index is 13.0. The summed E-state index contributed by atoms with van der Waals surface area (Å²) in [7, 11) is 4.61. The van der Waals surface area contributed by atoms with E-state index in [-0.39, 0.29) is 29.3 Å². The molecule has 0 spiro atoms. The van der Waals surface area contributed by atoms with Crippen LogP contribution in [0.15, 0.2) is 48.7 Å². The van der Waals surface area contributed by atoms with Crippen LogP contribution in [0.1, 0.15) is 16.1 Å². The number of aromatic nitrogens is 2. The smallest absolute Gasteiger partial charge is 0.227 e. The number of aryl methyl sites for hydroxylation is 1. The minimum atomic E-state index is -0.0483. The van der Waals surface area contributed by atoms with Crippen molar-refractivity contribution in [1.29, 1.82) is 0 Å². The van der Waals surface area contributed by atoms with E-state index in [9.17, 15) is 4.79 Å². The number of rotatable bonds is 6. The van der Waals surface area contributed by atoms with Crippen molar-refractivity contribution < 1.29 is 40.6 Å². The van der Waals surface area contributed by atoms with E-state index in [1.54, 1.807) is 12.1 Å². The van der Waals surface area contributed by atoms with Gasteiger partial charge in [-0.1, -0.05) is 18.2 Å². The van der Waals surface area contributed by atoms with Crippen molar-refractivity contribution in [3.05, 3.63) is 59.9 Å². The summed E-state index contributed by atoms with van der Waals surface area (Å²) in [6, 6.07) is 13.6. The summed E-state index contributed by atoms with van der Waals surface area (Å²) in [5.74, 6) is 1.34. The summed E-state index contributed by atoms with van der Waals surface area (Å²) >= 11 is 0. The first-order chi connectivity index (χ1) is 14.1. The second kappa shape index (κ2) is 8.75. The van der Waals surface area contributed by atoms with Crippen LogP contribution in [0, 0.1) is 6.92 Å². The molecule has 0 saturated carbocycles. The Kier molecular flexibility index (Phi) is 6.31. The van der Waals surface area contributed by atoms with E-state index in [0.29, 0.717) is 22.8 Å². The molecule has 1 N–H and O–H groups in total. The molecular weight excluding hydrogens is 448 g/mol. The first-order valence-corrected chi connectivity index (χ1v) is 9.30. The Balaban J connectivity index is 0.00000256. The van der Waals surface area contributed by atoms with Gasteiger partial charge in [0.05, 0.1) is 21.3 Å². The zero-order valence-electron chi connectivity index (χ0n) is 17.3. The number of hydrogen-bond acceptors (Lipinski definition) is 4. The number of ketones is 1. The van der Waals surface area contributed by atoms with E-state index in [4.69, 9.17) is 14.2 Å². The summed E-state index contributed by atoms with van der Waals surface area (Å²) in [6.45, 7) is 2.22. The molecule has 0 aliphatic heterocycles. The fourth-order valence-corrected chi connectivity index (χ4v) is 3.70. The summed E-state index contributed by atoms with van der Waals surface area (Å²) in [5, 5.41) is 2.32. The molecule has 30 heavy (non-hydrogen) atoms. The fraction of sp³-hybridized carbons (Fsp3) is 0.217. The van der Waals surface area contributed by atoms with Gasteiger partial charge in [0.2, 0.25) is 23.8 Å². The largest absolute Gasteiger partial charge is 1.00 e. The highest BCUT2D eigenvalue weighted by molar-refractivity contribution is 6.07. The van der Waals surface area contributed by atoms with Crippen LogP contribution in [-0.2, 0) is 6.54 Å². The Morgan fingerprint density at radius 3 is 2.27 bits per heavy atom. The maximum Gasteiger partial charge on any atom is 0.227 e. The number of nitrogens with zero attached hydrogens (tertiary/aromatic N) is 1. The van der Waals surface area contributed by atoms with E-state index in [1.807, 2.05) is 35.9 Å². The molecule has 2 aromatic heterocycles. The third-order valence-electron chi connectivity index (χ3n) is 5.26. The molecule has 0 unspecified atom stereocenters. The number of aromatic amines is 1. The molecule has 7 heteroatoms. The van der Waals surface area contributed by atoms with Gasteiger partial charge in [0.25, 0.3) is 0 Å². The molecule has 6 nitrogen and oxygen atoms in total. The lowest BCUT2D eigenvalue weighted by Gasteiger charge is -2.13. The number of pyridine rings is 1. The molecule has 0 bridgehead atoms. The number of para-hydroxylation sites is 1. The van der Waals surface area contributed by atoms with Gasteiger partial charge in [-0.3, -0.25) is 4.79 Å². The second-order valence-electron chi connectivity index (χ2n) is 6.83. The molecule has 0 aliphatic rings. The average Bonchev–Trinajstić information content (AvgIpc) is 3.14. The van der Waals surface area contributed by atoms with E-state index >= 15 is 0 Å². The molecular formula is C23H23BrN2O4. The number of hydrogen-bond donors (Lipinski definition) is 1. The Morgan fingerprint density at radius 2 is 1.63 bits per heavy atom. The quantitative estimate of drug-likeness (QED) is 0.334. The van der Waals surface area contributed by atoms with Crippen molar-refractivity contribution in [2.45, 2.75) is 13.5 Å². The van der Waals surface area contributed by atoms with Crippen LogP contribution in [0.2, 0.25) is 0 Å². The number of carbonyl (C=O) groups is 1. The SMILES string of the molecule is COc1cc(C(=O)C[n+]2ccc3c([nH]c4ccccc43)c2C)cc(OC)c1OC.[Br-]. The highest BCUT2D eigenvalue weighted by Gasteiger charge is 2.22. The topological polar surface area (TPSA) is 64.4 Å². The van der Waals surface area contributed by atoms with Crippen LogP contribution < -0.4 is 35.8 Å². The van der Waals surface area contributed by atoms with Crippen molar-refractivity contribution in [1.82, 2.24) is 4.98 Å². The fourth-order valence-electron chi connectivity index (χ4n) is 3.70. The number of H-pyrrole nitrogens is 1. The van der Waals surface area contributed by atoms with Crippen molar-refractivity contribution in [2.75, 3.05) is 21.3 Å². The second-order valence-corrected chi connectivity index (χ2v) is 6.83. The normalized spacial score (nSPS) is 10.7. The van der Waals surface area contributed by atoms with E-state index in [1.165, 1.54) is 26.7 Å². The molecule has 0 radical (unpaired) electrons. The summed E-state index contributed by atoms with van der Waals surface area (Å²) < 4.78 is 18.0. The lowest BCUT2D eigenvalue weighted by Crippen LogP contribution is -3.00. The lowest BCUT2D eigenvalue weighted by atomic mass is 10.1. The average molecular weight is 471 g/mol. The van der Waals surface area contributed by atoms with Crippen LogP contribution in [-0.4, -0.2) is 32.1 Å². The van der Waals surface area contributed by atoms with Gasteiger partial charge >= 0.3 is 0 Å². The predicted molar refractivity (Wildman–Crippen MR) is 111 cm³/mol. The molecule has 0 aliphatic carbocycles. The third kappa shape index (κ3) is 3.61. The first kappa shape index (κ1) is 21.6. The molecule has 0 atom stereocenters. The van der Waals surface area contributed by atoms with Crippen LogP contribution in [0.4, 0.5) is 0 Å². The summed E-state index contributed by atoms with van der Waals surface area (Å²) in [4.78, 5) is 16.5. The molecule has 0 saturated heterocycles. The Morgan fingerprint density at radius 1 is 0.967 bits per heavy atom. The van der Waals surface area contributed by atoms with Crippen LogP contribution in [0.5, 0.6) is 17.2 Å². The summed E-state index contributed by atoms with van der Waals surface area (Å²) in [6.07, 6.45) is 1.95. The lowest BCUT2D eigenvalue weighted by molar-refractivity contribution is -0.687. The van der Waals surface area contributed by atoms with Gasteiger partial charge in [-0.05, 0) is 18.2 Å². The summed E-state index contributed by atoms with van der Waals surface area (Å²) in [5.41, 5.74) is 3.62. The third-order valence-corrected chi connectivity index (χ3v) is 5.26. The number of Topliss-reactive ketones (excluding diaryl/α,β-unsaturated/α-hetero) is 1. The standard InChI is InChI=1S/C23H22N2O4.BrH/c1-14-22-17(16-7-5-6-8-18(16)24-22)9-10-25(14)13-19(26)15-11-20(27-2)23(29-4)21(12-15)28-3;/h5-12H,13H2,1-4H3;1H. The van der Waals surface area contributed by atoms with Gasteiger partial charge in [0.15, 0.2) is 17.7 Å². The number of fused-ring (bicyclic) bond motifs is 3. The Bertz CT molecular complexity index is 1210. The maximum atomic E-state index is 13.0. The zero-order chi connectivity index (χ0) is 20.5. The highest BCUT2D eigenvalue weighted by Crippen LogP contribution is 2.38. The van der Waals surface area contributed by atoms with E-state index in [0.717, 1.165) is 22.1 Å². The van der Waals surface area contributed by atoms with Crippen molar-refractivity contribution >= 4 is 27.6 Å². The van der Waals surface area contributed by atoms with Crippen molar-refractivity contribution in [3.8, 4) is 17.2 Å². The van der Waals surface area contributed by atoms with Crippen LogP contribution in [0.3, 0.4) is 0 Å². The molecule has 0 fully saturated rings. The van der Waals surface area contributed by atoms with E-state index in [2.05, 4.69) is 17.1 Å². The van der Waals surface area contributed by atoms with Gasteiger partial charge in [-0.2, -0.15) is 4.57 Å². The Hall–Kier alpha value is -3.06. The van der Waals surface area contributed by atoms with Crippen LogP contribution >= 0.6 is 0 Å². The van der Waals surface area contributed by atoms with Crippen molar-refractivity contribution in [2.24, 2.45) is 0 Å². The zero-order valence-corrected chi connectivity index (χ0v) is 18.9. The molecule has 4 rings (SSSR count). The molecule has 0 amide bonds. The minimum absolute atomic E-state index is 0. The predicted octanol–water partition coefficient (Wildman–Crippen LogP) is 0.830. The monoisotopic (exact) mass is 470 g/mol. The number of ether oxygens (including phenoxy) is 3. The highest BCUT2D eigenvalue weighted by atomic mass is 79.9. The number of benzene rings is 2. The molecule has 2 aromatic carbocycles. The minimum Gasteiger partial charge on any atom is -1.00 e. The molecule has 2 heterocycles. The van der Waals surface area contributed by atoms with Gasteiger partial charge in [0, 0.05) is 34.8 Å². The Labute approximate surface area is 185 Å². The number of carbonyl (C=O) groups excluding carboxylic acids is 1. The molecule has 156 valence electrons. The number of methoxy groups -OCH3 is 3. The number of nitrogens with one attached hydrogen (secondary N) is 1. The van der Waals surface area contributed by atoms with Gasteiger partial charge < -0.3 is 36.2 Å². The van der Waals surface area contributed by atoms with Gasteiger partial charge in [-0.15, -0.1) is 0 Å². The van der Waals surface area contributed by atoms with Crippen LogP contribution in [0.25, 0.3) is 21.8 Å². The van der Waals surface area contributed by atoms with E-state index < -0.39 is 0 Å². The number of halogens is 1. The van der Waals surface area contributed by atoms with Gasteiger partial charge in [-0.25, -0.2) is 0 Å². The van der Waals surface area contributed by atoms with Gasteiger partial charge in [0.1, 0.15) is 5.52 Å².